The van der Waals surface area contributed by atoms with Crippen molar-refractivity contribution in [3.63, 3.8) is 0 Å². The second-order valence-electron chi connectivity index (χ2n) is 5.05. The Kier molecular flexibility index (Phi) is 3.92. The summed E-state index contributed by atoms with van der Waals surface area (Å²) in [6.07, 6.45) is 1.88. The van der Waals surface area contributed by atoms with Gasteiger partial charge in [-0.05, 0) is 37.8 Å². The summed E-state index contributed by atoms with van der Waals surface area (Å²) in [5, 5.41) is 0. The lowest BCUT2D eigenvalue weighted by Gasteiger charge is -2.29. The van der Waals surface area contributed by atoms with Crippen LogP contribution in [-0.2, 0) is 10.2 Å². The third-order valence-corrected chi connectivity index (χ3v) is 4.92. The minimum Gasteiger partial charge on any atom is -0.271 e. The molecule has 0 unspecified atom stereocenters. The van der Waals surface area contributed by atoms with Crippen molar-refractivity contribution in [2.75, 3.05) is 17.8 Å². The molecular weight excluding hydrogens is 248 g/mol. The summed E-state index contributed by atoms with van der Waals surface area (Å²) >= 11 is 0. The summed E-state index contributed by atoms with van der Waals surface area (Å²) in [6, 6.07) is 7.38. The molecule has 2 rings (SSSR count). The van der Waals surface area contributed by atoms with Crippen molar-refractivity contribution >= 4 is 15.9 Å². The van der Waals surface area contributed by atoms with E-state index in [1.807, 2.05) is 19.1 Å². The molecule has 0 saturated carbocycles. The standard InChI is InChI=1S/C13H20N2O2S/c1-11-3-5-13(6-4-11)14-18(16,17)15-9-7-12(2)8-10-15/h3-6,12,14H,7-10H2,1-2H3. The summed E-state index contributed by atoms with van der Waals surface area (Å²) in [5.41, 5.74) is 1.74. The van der Waals surface area contributed by atoms with Crippen LogP contribution in [-0.4, -0.2) is 25.8 Å². The van der Waals surface area contributed by atoms with Crippen LogP contribution in [0.25, 0.3) is 0 Å². The summed E-state index contributed by atoms with van der Waals surface area (Å²) < 4.78 is 28.5. The van der Waals surface area contributed by atoms with Gasteiger partial charge in [-0.1, -0.05) is 24.6 Å². The summed E-state index contributed by atoms with van der Waals surface area (Å²) in [4.78, 5) is 0. The van der Waals surface area contributed by atoms with Crippen LogP contribution < -0.4 is 4.72 Å². The maximum Gasteiger partial charge on any atom is 0.301 e. The van der Waals surface area contributed by atoms with Gasteiger partial charge in [-0.2, -0.15) is 12.7 Å². The summed E-state index contributed by atoms with van der Waals surface area (Å²) in [6.45, 7) is 5.37. The second-order valence-corrected chi connectivity index (χ2v) is 6.73. The minimum atomic E-state index is -3.39. The molecule has 0 radical (unpaired) electrons. The van der Waals surface area contributed by atoms with Crippen molar-refractivity contribution in [1.29, 1.82) is 0 Å². The van der Waals surface area contributed by atoms with E-state index in [2.05, 4.69) is 11.6 Å². The molecule has 1 saturated heterocycles. The molecule has 4 nitrogen and oxygen atoms in total. The average Bonchev–Trinajstić information content (AvgIpc) is 2.32. The number of nitrogens with one attached hydrogen (secondary N) is 1. The smallest absolute Gasteiger partial charge is 0.271 e. The van der Waals surface area contributed by atoms with Crippen molar-refractivity contribution in [2.45, 2.75) is 26.7 Å². The molecule has 0 aromatic heterocycles. The zero-order chi connectivity index (χ0) is 13.2. The fraction of sp³-hybridized carbons (Fsp3) is 0.538. The molecule has 1 aromatic carbocycles. The Balaban J connectivity index is 2.05. The Morgan fingerprint density at radius 3 is 2.28 bits per heavy atom. The van der Waals surface area contributed by atoms with E-state index in [0.29, 0.717) is 24.7 Å². The predicted octanol–water partition coefficient (Wildman–Crippen LogP) is 2.38. The first kappa shape index (κ1) is 13.4. The largest absolute Gasteiger partial charge is 0.301 e. The Morgan fingerprint density at radius 2 is 1.72 bits per heavy atom. The van der Waals surface area contributed by atoms with Gasteiger partial charge in [-0.15, -0.1) is 0 Å². The number of aryl methyl sites for hydroxylation is 1. The molecule has 5 heteroatoms. The zero-order valence-corrected chi connectivity index (χ0v) is 11.7. The summed E-state index contributed by atoms with van der Waals surface area (Å²) in [7, 11) is -3.39. The molecule has 1 N–H and O–H groups in total. The third kappa shape index (κ3) is 3.23. The van der Waals surface area contributed by atoms with E-state index in [1.165, 1.54) is 4.31 Å². The Bertz CT molecular complexity index is 488. The number of hydrogen-bond acceptors (Lipinski definition) is 2. The van der Waals surface area contributed by atoms with Crippen molar-refractivity contribution in [3.05, 3.63) is 29.8 Å². The SMILES string of the molecule is Cc1ccc(NS(=O)(=O)N2CCC(C)CC2)cc1. The van der Waals surface area contributed by atoms with Gasteiger partial charge in [-0.3, -0.25) is 4.72 Å². The molecule has 1 aromatic rings. The van der Waals surface area contributed by atoms with E-state index in [-0.39, 0.29) is 0 Å². The monoisotopic (exact) mass is 268 g/mol. The average molecular weight is 268 g/mol. The highest BCUT2D eigenvalue weighted by molar-refractivity contribution is 7.90. The maximum atomic E-state index is 12.2. The maximum absolute atomic E-state index is 12.2. The van der Waals surface area contributed by atoms with Gasteiger partial charge in [0.15, 0.2) is 0 Å². The summed E-state index contributed by atoms with van der Waals surface area (Å²) in [5.74, 6) is 0.621. The fourth-order valence-corrected chi connectivity index (χ4v) is 3.31. The lowest BCUT2D eigenvalue weighted by molar-refractivity contribution is 0.289. The van der Waals surface area contributed by atoms with Crippen LogP contribution in [0.3, 0.4) is 0 Å². The number of benzene rings is 1. The minimum absolute atomic E-state index is 0.613. The van der Waals surface area contributed by atoms with Gasteiger partial charge in [0.1, 0.15) is 0 Å². The Labute approximate surface area is 109 Å². The normalized spacial score (nSPS) is 18.8. The predicted molar refractivity (Wildman–Crippen MR) is 73.7 cm³/mol. The van der Waals surface area contributed by atoms with Gasteiger partial charge in [0.2, 0.25) is 0 Å². The first-order chi connectivity index (χ1) is 8.47. The van der Waals surface area contributed by atoms with Crippen LogP contribution >= 0.6 is 0 Å². The van der Waals surface area contributed by atoms with Crippen LogP contribution in [0.4, 0.5) is 5.69 Å². The number of nitrogens with zero attached hydrogens (tertiary/aromatic N) is 1. The highest BCUT2D eigenvalue weighted by Crippen LogP contribution is 2.20. The van der Waals surface area contributed by atoms with E-state index >= 15 is 0 Å². The van der Waals surface area contributed by atoms with Crippen molar-refractivity contribution in [3.8, 4) is 0 Å². The van der Waals surface area contributed by atoms with Gasteiger partial charge in [0.05, 0.1) is 0 Å². The number of anilines is 1. The van der Waals surface area contributed by atoms with Gasteiger partial charge in [0.25, 0.3) is 0 Å². The molecule has 0 atom stereocenters. The van der Waals surface area contributed by atoms with Crippen molar-refractivity contribution in [1.82, 2.24) is 4.31 Å². The van der Waals surface area contributed by atoms with Crippen molar-refractivity contribution in [2.24, 2.45) is 5.92 Å². The van der Waals surface area contributed by atoms with Gasteiger partial charge in [-0.25, -0.2) is 0 Å². The molecule has 100 valence electrons. The molecule has 1 aliphatic heterocycles. The van der Waals surface area contributed by atoms with E-state index in [4.69, 9.17) is 0 Å². The van der Waals surface area contributed by atoms with Gasteiger partial charge in [0, 0.05) is 18.8 Å². The fourth-order valence-electron chi connectivity index (χ4n) is 2.06. The number of piperidine rings is 1. The highest BCUT2D eigenvalue weighted by Gasteiger charge is 2.26. The van der Waals surface area contributed by atoms with Crippen LogP contribution in [0.2, 0.25) is 0 Å². The van der Waals surface area contributed by atoms with Crippen molar-refractivity contribution < 1.29 is 8.42 Å². The molecule has 0 spiro atoms. The highest BCUT2D eigenvalue weighted by atomic mass is 32.2. The Hall–Kier alpha value is -1.07. The molecule has 0 amide bonds. The first-order valence-corrected chi connectivity index (χ1v) is 7.76. The van der Waals surface area contributed by atoms with Crippen LogP contribution in [0.5, 0.6) is 0 Å². The number of rotatable bonds is 3. The number of hydrogen-bond donors (Lipinski definition) is 1. The molecule has 1 heterocycles. The van der Waals surface area contributed by atoms with Gasteiger partial charge >= 0.3 is 10.2 Å². The second kappa shape index (κ2) is 5.28. The Morgan fingerprint density at radius 1 is 1.17 bits per heavy atom. The molecule has 1 fully saturated rings. The third-order valence-electron chi connectivity index (χ3n) is 3.38. The lowest BCUT2D eigenvalue weighted by Crippen LogP contribution is -2.41. The van der Waals surface area contributed by atoms with E-state index in [1.54, 1.807) is 12.1 Å². The first-order valence-electron chi connectivity index (χ1n) is 6.32. The van der Waals surface area contributed by atoms with Crippen LogP contribution in [0, 0.1) is 12.8 Å². The molecule has 0 bridgehead atoms. The van der Waals surface area contributed by atoms with Crippen LogP contribution in [0.15, 0.2) is 24.3 Å². The molecule has 0 aliphatic carbocycles. The van der Waals surface area contributed by atoms with Gasteiger partial charge < -0.3 is 0 Å². The molecule has 1 aliphatic rings. The van der Waals surface area contributed by atoms with E-state index in [9.17, 15) is 8.42 Å². The van der Waals surface area contributed by atoms with E-state index in [0.717, 1.165) is 18.4 Å². The molecular formula is C13H20N2O2S. The topological polar surface area (TPSA) is 49.4 Å². The lowest BCUT2D eigenvalue weighted by atomic mass is 10.0. The zero-order valence-electron chi connectivity index (χ0n) is 10.9. The van der Waals surface area contributed by atoms with E-state index < -0.39 is 10.2 Å². The quantitative estimate of drug-likeness (QED) is 0.915. The van der Waals surface area contributed by atoms with Crippen LogP contribution in [0.1, 0.15) is 25.3 Å². The molecule has 18 heavy (non-hydrogen) atoms.